The lowest BCUT2D eigenvalue weighted by Gasteiger charge is -2.34. The van der Waals surface area contributed by atoms with E-state index in [1.165, 1.54) is 4.90 Å². The number of benzene rings is 1. The van der Waals surface area contributed by atoms with Crippen LogP contribution in [0.4, 0.5) is 26.8 Å². The van der Waals surface area contributed by atoms with Crippen molar-refractivity contribution in [1.82, 2.24) is 14.4 Å². The molecule has 0 aliphatic carbocycles. The molecule has 39 heavy (non-hydrogen) atoms. The summed E-state index contributed by atoms with van der Waals surface area (Å²) in [7, 11) is 0. The van der Waals surface area contributed by atoms with Gasteiger partial charge >= 0.3 is 12.2 Å². The molecule has 11 heteroatoms. The number of hydrogen-bond donors (Lipinski definition) is 0. The van der Waals surface area contributed by atoms with Crippen LogP contribution in [0.15, 0.2) is 42.9 Å². The molecule has 1 aliphatic heterocycles. The first-order valence-electron chi connectivity index (χ1n) is 12.9. The predicted molar refractivity (Wildman–Crippen MR) is 147 cm³/mol. The number of fused-ring (bicyclic) bond motifs is 1. The van der Waals surface area contributed by atoms with Gasteiger partial charge in [0, 0.05) is 37.4 Å². The first kappa shape index (κ1) is 28.2. The molecular weight excluding hydrogens is 502 g/mol. The third-order valence-electron chi connectivity index (χ3n) is 5.65. The van der Waals surface area contributed by atoms with Crippen molar-refractivity contribution in [2.24, 2.45) is 0 Å². The van der Waals surface area contributed by atoms with Crippen LogP contribution in [0.25, 0.3) is 5.65 Å². The molecule has 0 N–H and O–H groups in total. The van der Waals surface area contributed by atoms with Gasteiger partial charge in [0.25, 0.3) is 0 Å². The van der Waals surface area contributed by atoms with Crippen molar-refractivity contribution in [2.45, 2.75) is 65.8 Å². The highest BCUT2D eigenvalue weighted by molar-refractivity contribution is 5.98. The van der Waals surface area contributed by atoms with Crippen LogP contribution < -0.4 is 9.80 Å². The topological polar surface area (TPSA) is 108 Å². The van der Waals surface area contributed by atoms with E-state index in [4.69, 9.17) is 18.9 Å². The van der Waals surface area contributed by atoms with Gasteiger partial charge in [0.1, 0.15) is 23.9 Å². The lowest BCUT2D eigenvalue weighted by molar-refractivity contribution is -0.0447. The van der Waals surface area contributed by atoms with Crippen LogP contribution in [0.5, 0.6) is 0 Å². The Morgan fingerprint density at radius 2 is 1.77 bits per heavy atom. The van der Waals surface area contributed by atoms with Crippen LogP contribution in [-0.4, -0.2) is 70.2 Å². The minimum Gasteiger partial charge on any atom is -0.443 e. The Kier molecular flexibility index (Phi) is 8.01. The molecule has 1 fully saturated rings. The molecule has 3 aromatic rings. The van der Waals surface area contributed by atoms with Gasteiger partial charge in [-0.25, -0.2) is 24.5 Å². The van der Waals surface area contributed by atoms with E-state index < -0.39 is 23.5 Å². The molecule has 11 nitrogen and oxygen atoms in total. The van der Waals surface area contributed by atoms with Crippen molar-refractivity contribution in [1.29, 1.82) is 0 Å². The van der Waals surface area contributed by atoms with Crippen molar-refractivity contribution in [3.63, 3.8) is 0 Å². The maximum absolute atomic E-state index is 13.4. The summed E-state index contributed by atoms with van der Waals surface area (Å²) in [5.41, 5.74) is 1.48. The van der Waals surface area contributed by atoms with Crippen LogP contribution in [0, 0.1) is 6.92 Å². The molecule has 1 aromatic carbocycles. The van der Waals surface area contributed by atoms with Crippen molar-refractivity contribution in [2.75, 3.05) is 36.1 Å². The molecule has 2 aromatic heterocycles. The number of anilines is 3. The van der Waals surface area contributed by atoms with E-state index in [-0.39, 0.29) is 12.7 Å². The molecule has 3 heterocycles. The minimum absolute atomic E-state index is 0.0925. The highest BCUT2D eigenvalue weighted by Gasteiger charge is 2.29. The normalized spacial score (nSPS) is 16.2. The number of aryl methyl sites for hydroxylation is 1. The Morgan fingerprint density at radius 3 is 2.44 bits per heavy atom. The number of morpholine rings is 1. The second kappa shape index (κ2) is 11.1. The Labute approximate surface area is 228 Å². The summed E-state index contributed by atoms with van der Waals surface area (Å²) in [5.74, 6) is 0.382. The van der Waals surface area contributed by atoms with Crippen LogP contribution in [0.1, 0.15) is 47.2 Å². The van der Waals surface area contributed by atoms with E-state index in [9.17, 15) is 9.59 Å². The minimum atomic E-state index is -0.717. The standard InChI is InChI=1S/C28H37N5O6/c1-19-16-32-13-12-29-23(32)24(30-19)33(25(34)38-27(2,3)4)21-10-8-20(9-11-21)31-14-15-36-22(17-31)18-37-26(35)39-28(5,6)7/h8-13,16,22H,14-15,17-18H2,1-7H3/t22-/m1/s1. The molecule has 1 amide bonds. The van der Waals surface area contributed by atoms with E-state index in [0.717, 1.165) is 11.4 Å². The number of rotatable bonds is 5. The van der Waals surface area contributed by atoms with Gasteiger partial charge in [-0.05, 0) is 72.7 Å². The molecule has 4 rings (SSSR count). The zero-order valence-corrected chi connectivity index (χ0v) is 23.6. The molecule has 0 bridgehead atoms. The molecule has 1 aliphatic rings. The van der Waals surface area contributed by atoms with Crippen LogP contribution in [-0.2, 0) is 18.9 Å². The average molecular weight is 540 g/mol. The average Bonchev–Trinajstić information content (AvgIpc) is 3.30. The Balaban J connectivity index is 1.54. The number of carbonyl (C=O) groups excluding carboxylic acids is 2. The van der Waals surface area contributed by atoms with E-state index in [2.05, 4.69) is 14.9 Å². The molecule has 0 spiro atoms. The number of aromatic nitrogens is 3. The van der Waals surface area contributed by atoms with E-state index in [1.807, 2.05) is 68.8 Å². The smallest absolute Gasteiger partial charge is 0.443 e. The lowest BCUT2D eigenvalue weighted by atomic mass is 10.2. The third kappa shape index (κ3) is 7.38. The number of ether oxygens (including phenoxy) is 4. The van der Waals surface area contributed by atoms with Crippen molar-refractivity contribution in [3.8, 4) is 0 Å². The van der Waals surface area contributed by atoms with Crippen LogP contribution in [0.2, 0.25) is 0 Å². The summed E-state index contributed by atoms with van der Waals surface area (Å²) < 4.78 is 23.8. The summed E-state index contributed by atoms with van der Waals surface area (Å²) in [6, 6.07) is 7.57. The van der Waals surface area contributed by atoms with Crippen LogP contribution >= 0.6 is 0 Å². The van der Waals surface area contributed by atoms with Gasteiger partial charge in [-0.1, -0.05) is 0 Å². The zero-order valence-electron chi connectivity index (χ0n) is 23.6. The fourth-order valence-electron chi connectivity index (χ4n) is 4.12. The number of hydrogen-bond acceptors (Lipinski definition) is 9. The van der Waals surface area contributed by atoms with Gasteiger partial charge in [-0.15, -0.1) is 0 Å². The monoisotopic (exact) mass is 539 g/mol. The first-order chi connectivity index (χ1) is 18.3. The second-order valence-corrected chi connectivity index (χ2v) is 11.4. The Morgan fingerprint density at radius 1 is 1.08 bits per heavy atom. The van der Waals surface area contributed by atoms with Crippen molar-refractivity contribution < 1.29 is 28.5 Å². The summed E-state index contributed by atoms with van der Waals surface area (Å²) >= 11 is 0. The maximum Gasteiger partial charge on any atom is 0.508 e. The Hall–Kier alpha value is -3.86. The zero-order chi connectivity index (χ0) is 28.4. The van der Waals surface area contributed by atoms with Gasteiger partial charge in [-0.3, -0.25) is 0 Å². The van der Waals surface area contributed by atoms with E-state index in [1.54, 1.807) is 27.0 Å². The van der Waals surface area contributed by atoms with E-state index >= 15 is 0 Å². The van der Waals surface area contributed by atoms with Gasteiger partial charge in [0.15, 0.2) is 11.5 Å². The molecular formula is C28H37N5O6. The van der Waals surface area contributed by atoms with E-state index in [0.29, 0.717) is 36.8 Å². The van der Waals surface area contributed by atoms with Crippen molar-refractivity contribution >= 4 is 35.1 Å². The predicted octanol–water partition coefficient (Wildman–Crippen LogP) is 5.27. The summed E-state index contributed by atoms with van der Waals surface area (Å²) in [4.78, 5) is 38.0. The quantitative estimate of drug-likeness (QED) is 0.401. The largest absolute Gasteiger partial charge is 0.508 e. The fourth-order valence-corrected chi connectivity index (χ4v) is 4.12. The van der Waals surface area contributed by atoms with Gasteiger partial charge in [0.2, 0.25) is 0 Å². The molecule has 210 valence electrons. The number of imidazole rings is 1. The molecule has 0 saturated carbocycles. The molecule has 0 radical (unpaired) electrons. The maximum atomic E-state index is 13.4. The number of nitrogens with zero attached hydrogens (tertiary/aromatic N) is 5. The third-order valence-corrected chi connectivity index (χ3v) is 5.65. The summed E-state index contributed by atoms with van der Waals surface area (Å²) in [5, 5.41) is 0. The number of carbonyl (C=O) groups is 2. The first-order valence-corrected chi connectivity index (χ1v) is 12.9. The lowest BCUT2D eigenvalue weighted by Crippen LogP contribution is -2.45. The van der Waals surface area contributed by atoms with Crippen LogP contribution in [0.3, 0.4) is 0 Å². The highest BCUT2D eigenvalue weighted by Crippen LogP contribution is 2.31. The summed E-state index contributed by atoms with van der Waals surface area (Å²) in [6.07, 6.45) is 3.76. The van der Waals surface area contributed by atoms with Gasteiger partial charge in [0.05, 0.1) is 18.0 Å². The SMILES string of the molecule is Cc1cn2ccnc2c(N(C(=O)OC(C)(C)C)c2ccc(N3CCO[C@@H](COC(=O)OC(C)(C)C)C3)cc2)n1. The molecule has 1 atom stereocenters. The van der Waals surface area contributed by atoms with Gasteiger partial charge < -0.3 is 28.2 Å². The number of amides is 1. The molecule has 0 unspecified atom stereocenters. The highest BCUT2D eigenvalue weighted by atomic mass is 16.7. The molecule has 1 saturated heterocycles. The van der Waals surface area contributed by atoms with Gasteiger partial charge in [-0.2, -0.15) is 0 Å². The van der Waals surface area contributed by atoms with Crippen molar-refractivity contribution in [3.05, 3.63) is 48.5 Å². The summed E-state index contributed by atoms with van der Waals surface area (Å²) in [6.45, 7) is 14.5. The fraction of sp³-hybridized carbons (Fsp3) is 0.500. The second-order valence-electron chi connectivity index (χ2n) is 11.4. The Bertz CT molecular complexity index is 1310.